The molecule has 1 N–H and O–H groups in total. The number of aliphatic hydroxyl groups is 1. The normalized spacial score (nSPS) is 13.2. The van der Waals surface area contributed by atoms with Gasteiger partial charge >= 0.3 is 5.97 Å². The number of ether oxygens (including phenoxy) is 1. The van der Waals surface area contributed by atoms with Crippen molar-refractivity contribution in [1.82, 2.24) is 0 Å². The van der Waals surface area contributed by atoms with Crippen LogP contribution in [0.1, 0.15) is 39.4 Å². The fourth-order valence-electron chi connectivity index (χ4n) is 1.46. The molecule has 0 fully saturated rings. The van der Waals surface area contributed by atoms with Crippen LogP contribution in [0.5, 0.6) is 0 Å². The average Bonchev–Trinajstić information content (AvgIpc) is 2.24. The maximum atomic E-state index is 11.6. The van der Waals surface area contributed by atoms with Gasteiger partial charge in [-0.3, -0.25) is 4.79 Å². The maximum absolute atomic E-state index is 11.6. The quantitative estimate of drug-likeness (QED) is 0.673. The van der Waals surface area contributed by atoms with Crippen LogP contribution in [0.25, 0.3) is 0 Å². The van der Waals surface area contributed by atoms with Crippen molar-refractivity contribution in [3.8, 4) is 0 Å². The number of thioether (sulfide) groups is 1. The van der Waals surface area contributed by atoms with Crippen LogP contribution in [0.3, 0.4) is 0 Å². The zero-order chi connectivity index (χ0) is 13.8. The standard InChI is InChI=1S/C14H20O3S/c1-10(15)11-7-5-6-8-12(11)18-9-13(16)17-14(2,3)4/h5-8,10,15H,9H2,1-4H3/t10-/m1/s1. The Morgan fingerprint density at radius 1 is 1.39 bits per heavy atom. The van der Waals surface area contributed by atoms with E-state index in [1.807, 2.05) is 45.0 Å². The minimum Gasteiger partial charge on any atom is -0.459 e. The zero-order valence-electron chi connectivity index (χ0n) is 11.3. The number of carbonyl (C=O) groups excluding carboxylic acids is 1. The Kier molecular flexibility index (Phi) is 5.23. The Bertz CT molecular complexity index is 408. The van der Waals surface area contributed by atoms with E-state index < -0.39 is 11.7 Å². The van der Waals surface area contributed by atoms with Crippen LogP contribution in [0.4, 0.5) is 0 Å². The van der Waals surface area contributed by atoms with Gasteiger partial charge in [0.15, 0.2) is 0 Å². The Hall–Kier alpha value is -1.00. The van der Waals surface area contributed by atoms with Gasteiger partial charge in [0.05, 0.1) is 11.9 Å². The summed E-state index contributed by atoms with van der Waals surface area (Å²) in [4.78, 5) is 12.5. The van der Waals surface area contributed by atoms with Gasteiger partial charge in [-0.25, -0.2) is 0 Å². The van der Waals surface area contributed by atoms with Crippen molar-refractivity contribution >= 4 is 17.7 Å². The van der Waals surface area contributed by atoms with E-state index in [2.05, 4.69) is 0 Å². The lowest BCUT2D eigenvalue weighted by molar-refractivity contribution is -0.151. The van der Waals surface area contributed by atoms with E-state index >= 15 is 0 Å². The van der Waals surface area contributed by atoms with Crippen LogP contribution in [-0.4, -0.2) is 22.4 Å². The lowest BCUT2D eigenvalue weighted by Gasteiger charge is -2.19. The molecule has 0 spiro atoms. The van der Waals surface area contributed by atoms with Gasteiger partial charge in [0, 0.05) is 4.90 Å². The van der Waals surface area contributed by atoms with Gasteiger partial charge in [-0.15, -0.1) is 11.8 Å². The van der Waals surface area contributed by atoms with E-state index in [0.29, 0.717) is 0 Å². The zero-order valence-corrected chi connectivity index (χ0v) is 12.1. The number of hydrogen-bond donors (Lipinski definition) is 1. The van der Waals surface area contributed by atoms with Crippen molar-refractivity contribution < 1.29 is 14.6 Å². The van der Waals surface area contributed by atoms with E-state index in [-0.39, 0.29) is 11.7 Å². The minimum atomic E-state index is -0.535. The highest BCUT2D eigenvalue weighted by atomic mass is 32.2. The molecular weight excluding hydrogens is 248 g/mol. The summed E-state index contributed by atoms with van der Waals surface area (Å²) in [5, 5.41) is 9.63. The van der Waals surface area contributed by atoms with Gasteiger partial charge in [-0.05, 0) is 39.3 Å². The van der Waals surface area contributed by atoms with Gasteiger partial charge in [-0.2, -0.15) is 0 Å². The average molecular weight is 268 g/mol. The minimum absolute atomic E-state index is 0.243. The highest BCUT2D eigenvalue weighted by Gasteiger charge is 2.17. The van der Waals surface area contributed by atoms with E-state index in [1.54, 1.807) is 6.92 Å². The highest BCUT2D eigenvalue weighted by molar-refractivity contribution is 8.00. The maximum Gasteiger partial charge on any atom is 0.316 e. The summed E-state index contributed by atoms with van der Waals surface area (Å²) in [7, 11) is 0. The van der Waals surface area contributed by atoms with E-state index in [4.69, 9.17) is 4.74 Å². The van der Waals surface area contributed by atoms with Crippen LogP contribution in [0.2, 0.25) is 0 Å². The Morgan fingerprint density at radius 3 is 2.56 bits per heavy atom. The summed E-state index contributed by atoms with van der Waals surface area (Å²) < 4.78 is 5.24. The molecule has 1 aromatic rings. The molecule has 0 aromatic heterocycles. The molecule has 18 heavy (non-hydrogen) atoms. The molecule has 0 bridgehead atoms. The lowest BCUT2D eigenvalue weighted by Crippen LogP contribution is -2.24. The molecule has 0 saturated heterocycles. The molecule has 0 saturated carbocycles. The highest BCUT2D eigenvalue weighted by Crippen LogP contribution is 2.27. The van der Waals surface area contributed by atoms with Gasteiger partial charge in [-0.1, -0.05) is 18.2 Å². The van der Waals surface area contributed by atoms with Crippen LogP contribution in [0.15, 0.2) is 29.2 Å². The molecule has 0 amide bonds. The monoisotopic (exact) mass is 268 g/mol. The largest absolute Gasteiger partial charge is 0.459 e. The molecule has 1 atom stereocenters. The van der Waals surface area contributed by atoms with Gasteiger partial charge in [0.1, 0.15) is 5.60 Å². The SMILES string of the molecule is C[C@@H](O)c1ccccc1SCC(=O)OC(C)(C)C. The summed E-state index contributed by atoms with van der Waals surface area (Å²) in [6.07, 6.45) is -0.535. The van der Waals surface area contributed by atoms with Crippen LogP contribution < -0.4 is 0 Å². The summed E-state index contributed by atoms with van der Waals surface area (Å²) >= 11 is 1.39. The molecule has 0 aliphatic rings. The number of esters is 1. The predicted octanol–water partition coefficient (Wildman–Crippen LogP) is 3.17. The molecule has 1 aromatic carbocycles. The number of aliphatic hydroxyl groups excluding tert-OH is 1. The second kappa shape index (κ2) is 6.25. The Morgan fingerprint density at radius 2 is 2.00 bits per heavy atom. The molecule has 0 heterocycles. The fraction of sp³-hybridized carbons (Fsp3) is 0.500. The summed E-state index contributed by atoms with van der Waals surface area (Å²) in [5.41, 5.74) is 0.382. The first kappa shape index (κ1) is 15.1. The molecule has 3 nitrogen and oxygen atoms in total. The van der Waals surface area contributed by atoms with Crippen molar-refractivity contribution in [2.45, 2.75) is 44.3 Å². The third kappa shape index (κ3) is 5.10. The first-order valence-corrected chi connectivity index (χ1v) is 6.90. The first-order chi connectivity index (χ1) is 8.29. The van der Waals surface area contributed by atoms with Crippen molar-refractivity contribution in [2.75, 3.05) is 5.75 Å². The fourth-order valence-corrected chi connectivity index (χ4v) is 2.38. The van der Waals surface area contributed by atoms with Crippen LogP contribution in [0, 0.1) is 0 Å². The molecule has 0 unspecified atom stereocenters. The number of carbonyl (C=O) groups is 1. The Balaban J connectivity index is 2.61. The van der Waals surface area contributed by atoms with Crippen molar-refractivity contribution in [3.63, 3.8) is 0 Å². The van der Waals surface area contributed by atoms with Crippen molar-refractivity contribution in [1.29, 1.82) is 0 Å². The molecule has 4 heteroatoms. The van der Waals surface area contributed by atoms with Crippen LogP contribution in [-0.2, 0) is 9.53 Å². The van der Waals surface area contributed by atoms with Crippen LogP contribution >= 0.6 is 11.8 Å². The third-order valence-corrected chi connectivity index (χ3v) is 3.20. The lowest BCUT2D eigenvalue weighted by atomic mass is 10.1. The second-order valence-corrected chi connectivity index (χ2v) is 6.11. The van der Waals surface area contributed by atoms with Gasteiger partial charge in [0.25, 0.3) is 0 Å². The molecule has 0 radical (unpaired) electrons. The summed E-state index contributed by atoms with van der Waals surface area (Å²) in [6, 6.07) is 7.53. The van der Waals surface area contributed by atoms with Gasteiger partial charge in [0.2, 0.25) is 0 Å². The van der Waals surface area contributed by atoms with E-state index in [0.717, 1.165) is 10.5 Å². The predicted molar refractivity (Wildman–Crippen MR) is 73.6 cm³/mol. The first-order valence-electron chi connectivity index (χ1n) is 5.91. The molecule has 100 valence electrons. The molecular formula is C14H20O3S. The van der Waals surface area contributed by atoms with Crippen molar-refractivity contribution in [2.24, 2.45) is 0 Å². The molecule has 0 aliphatic heterocycles. The smallest absolute Gasteiger partial charge is 0.316 e. The Labute approximate surface area is 113 Å². The van der Waals surface area contributed by atoms with Gasteiger partial charge < -0.3 is 9.84 Å². The molecule has 1 rings (SSSR count). The van der Waals surface area contributed by atoms with E-state index in [1.165, 1.54) is 11.8 Å². The number of rotatable bonds is 4. The molecule has 0 aliphatic carbocycles. The topological polar surface area (TPSA) is 46.5 Å². The summed E-state index contributed by atoms with van der Waals surface area (Å²) in [5.74, 6) is 0.00831. The second-order valence-electron chi connectivity index (χ2n) is 5.09. The number of benzene rings is 1. The van der Waals surface area contributed by atoms with Crippen molar-refractivity contribution in [3.05, 3.63) is 29.8 Å². The third-order valence-electron chi connectivity index (χ3n) is 2.13. The summed E-state index contributed by atoms with van der Waals surface area (Å²) in [6.45, 7) is 7.25. The number of hydrogen-bond acceptors (Lipinski definition) is 4. The van der Waals surface area contributed by atoms with E-state index in [9.17, 15) is 9.90 Å².